The van der Waals surface area contributed by atoms with Gasteiger partial charge in [0.05, 0.1) is 29.9 Å². The molecule has 3 amide bonds. The number of hydrogen-bond acceptors (Lipinski definition) is 10. The Morgan fingerprint density at radius 3 is 2.54 bits per heavy atom. The first-order valence-corrected chi connectivity index (χ1v) is 20.7. The second kappa shape index (κ2) is 14.2. The minimum absolute atomic E-state index is 0.0293. The predicted molar refractivity (Wildman–Crippen MR) is 194 cm³/mol. The molecule has 4 aliphatic rings. The lowest BCUT2D eigenvalue weighted by Gasteiger charge is -2.27. The summed E-state index contributed by atoms with van der Waals surface area (Å²) in [5, 5.41) is 5.32. The van der Waals surface area contributed by atoms with Crippen LogP contribution in [0.2, 0.25) is 0 Å². The van der Waals surface area contributed by atoms with Crippen LogP contribution in [0.4, 0.5) is 4.39 Å². The largest absolute Gasteiger partial charge is 0.494 e. The van der Waals surface area contributed by atoms with Crippen LogP contribution in [-0.4, -0.2) is 78.6 Å². The molecule has 0 spiro atoms. The number of thiazole rings is 1. The molecule has 52 heavy (non-hydrogen) atoms. The third-order valence-electron chi connectivity index (χ3n) is 11.1. The minimum Gasteiger partial charge on any atom is -0.494 e. The lowest BCUT2D eigenvalue weighted by atomic mass is 9.92. The molecule has 12 nitrogen and oxygen atoms in total. The highest BCUT2D eigenvalue weighted by molar-refractivity contribution is 7.91. The lowest BCUT2D eigenvalue weighted by molar-refractivity contribution is -0.140. The minimum atomic E-state index is -3.83. The van der Waals surface area contributed by atoms with E-state index >= 15 is 4.39 Å². The quantitative estimate of drug-likeness (QED) is 0.311. The Morgan fingerprint density at radius 1 is 1.08 bits per heavy atom. The summed E-state index contributed by atoms with van der Waals surface area (Å²) in [4.78, 5) is 52.9. The first-order valence-electron chi connectivity index (χ1n) is 18.2. The molecule has 1 aliphatic heterocycles. The van der Waals surface area contributed by atoms with Crippen molar-refractivity contribution in [1.29, 1.82) is 0 Å². The summed E-state index contributed by atoms with van der Waals surface area (Å²) in [5.41, 5.74) is 0.00461. The van der Waals surface area contributed by atoms with Gasteiger partial charge in [0.1, 0.15) is 33.6 Å². The number of ether oxygens (including phenoxy) is 2. The Hall–Kier alpha value is -3.85. The van der Waals surface area contributed by atoms with E-state index in [4.69, 9.17) is 14.5 Å². The number of halogens is 1. The lowest BCUT2D eigenvalue weighted by Crippen LogP contribution is -2.54. The topological polar surface area (TPSA) is 157 Å². The molecule has 5 atom stereocenters. The molecule has 2 N–H and O–H groups in total. The molecule has 0 radical (unpaired) electrons. The zero-order valence-corrected chi connectivity index (χ0v) is 31.6. The zero-order chi connectivity index (χ0) is 36.9. The van der Waals surface area contributed by atoms with E-state index in [-0.39, 0.29) is 41.9 Å². The van der Waals surface area contributed by atoms with E-state index in [1.54, 1.807) is 24.1 Å². The van der Waals surface area contributed by atoms with Crippen LogP contribution in [0.25, 0.3) is 21.6 Å². The van der Waals surface area contributed by atoms with E-state index in [0.29, 0.717) is 54.1 Å². The van der Waals surface area contributed by atoms with Crippen LogP contribution >= 0.6 is 11.3 Å². The van der Waals surface area contributed by atoms with Crippen molar-refractivity contribution in [2.75, 3.05) is 20.7 Å². The smallest absolute Gasteiger partial charge is 0.259 e. The maximum absolute atomic E-state index is 15.7. The highest BCUT2D eigenvalue weighted by atomic mass is 32.2. The van der Waals surface area contributed by atoms with Crippen molar-refractivity contribution in [2.45, 2.75) is 101 Å². The number of amides is 3. The van der Waals surface area contributed by atoms with Gasteiger partial charge in [-0.15, -0.1) is 11.3 Å². The van der Waals surface area contributed by atoms with Gasteiger partial charge in [-0.25, -0.2) is 22.8 Å². The predicted octanol–water partition coefficient (Wildman–Crippen LogP) is 5.31. The van der Waals surface area contributed by atoms with Crippen LogP contribution in [0.15, 0.2) is 23.6 Å². The van der Waals surface area contributed by atoms with Gasteiger partial charge >= 0.3 is 0 Å². The fraction of sp³-hybridized carbons (Fsp3) is 0.595. The van der Waals surface area contributed by atoms with Crippen molar-refractivity contribution in [3.63, 3.8) is 0 Å². The van der Waals surface area contributed by atoms with Crippen LogP contribution in [0.1, 0.15) is 89.7 Å². The number of aromatic nitrogens is 2. The van der Waals surface area contributed by atoms with E-state index in [1.807, 2.05) is 19.2 Å². The van der Waals surface area contributed by atoms with Crippen LogP contribution < -0.4 is 19.5 Å². The van der Waals surface area contributed by atoms with Gasteiger partial charge in [0, 0.05) is 30.4 Å². The summed E-state index contributed by atoms with van der Waals surface area (Å²) in [6.45, 7) is 4.62. The Bertz CT molecular complexity index is 2000. The number of fused-ring (bicyclic) bond motifs is 3. The van der Waals surface area contributed by atoms with Crippen molar-refractivity contribution >= 4 is 50.0 Å². The Labute approximate surface area is 307 Å². The molecule has 2 aromatic heterocycles. The number of sulfonamides is 1. The van der Waals surface area contributed by atoms with E-state index in [0.717, 1.165) is 31.4 Å². The molecular formula is C37H46FN5O7S2. The van der Waals surface area contributed by atoms with Crippen molar-refractivity contribution in [2.24, 2.45) is 17.8 Å². The molecular weight excluding hydrogens is 710 g/mol. The highest BCUT2D eigenvalue weighted by Gasteiger charge is 2.62. The summed E-state index contributed by atoms with van der Waals surface area (Å²) in [6, 6.07) is 4.90. The number of hydrogen-bond donors (Lipinski definition) is 2. The van der Waals surface area contributed by atoms with E-state index in [1.165, 1.54) is 24.5 Å². The molecule has 0 unspecified atom stereocenters. The summed E-state index contributed by atoms with van der Waals surface area (Å²) >= 11 is 1.40. The van der Waals surface area contributed by atoms with Gasteiger partial charge < -0.3 is 19.7 Å². The van der Waals surface area contributed by atoms with Crippen molar-refractivity contribution in [1.82, 2.24) is 24.9 Å². The van der Waals surface area contributed by atoms with Gasteiger partial charge in [-0.2, -0.15) is 0 Å². The van der Waals surface area contributed by atoms with Crippen molar-refractivity contribution in [3.05, 3.63) is 35.1 Å². The van der Waals surface area contributed by atoms with Gasteiger partial charge in [0.25, 0.3) is 5.91 Å². The molecule has 3 aliphatic carbocycles. The molecule has 4 fully saturated rings. The number of benzene rings is 1. The summed E-state index contributed by atoms with van der Waals surface area (Å²) in [5.74, 6) is -3.25. The number of carbonyl (C=O) groups excluding carboxylic acids is 3. The maximum atomic E-state index is 15.7. The maximum Gasteiger partial charge on any atom is 0.259 e. The molecule has 1 aromatic carbocycles. The van der Waals surface area contributed by atoms with Crippen molar-refractivity contribution < 1.29 is 36.7 Å². The van der Waals surface area contributed by atoms with Gasteiger partial charge in [-0.1, -0.05) is 33.1 Å². The summed E-state index contributed by atoms with van der Waals surface area (Å²) < 4.78 is 55.4. The van der Waals surface area contributed by atoms with Crippen LogP contribution in [0.5, 0.6) is 11.5 Å². The average Bonchev–Trinajstić information content (AvgIpc) is 3.98. The average molecular weight is 756 g/mol. The molecule has 0 bridgehead atoms. The monoisotopic (exact) mass is 755 g/mol. The van der Waals surface area contributed by atoms with E-state index in [2.05, 4.69) is 15.0 Å². The highest BCUT2D eigenvalue weighted by Crippen LogP contribution is 2.49. The molecule has 7 rings (SSSR count). The SMILES string of the molecule is COc1ccc2c(O[C@@H]3C[C@H]4C(=O)N[C@]5(C(=O)NS(=O)(=O)C6CC6)C[C@H]5CCCCCCN(C)C(=O)[C@@H]4C3)cc(-c3nc(C(C)C)cs3)nc2c1F. The first-order chi connectivity index (χ1) is 24.8. The zero-order valence-electron chi connectivity index (χ0n) is 29.9. The molecule has 280 valence electrons. The van der Waals surface area contributed by atoms with Crippen molar-refractivity contribution in [3.8, 4) is 22.2 Å². The molecule has 3 heterocycles. The van der Waals surface area contributed by atoms with E-state index < -0.39 is 56.4 Å². The Morgan fingerprint density at radius 2 is 1.83 bits per heavy atom. The number of nitrogens with zero attached hydrogens (tertiary/aromatic N) is 3. The number of nitrogens with one attached hydrogen (secondary N) is 2. The van der Waals surface area contributed by atoms with Gasteiger partial charge in [-0.05, 0) is 68.9 Å². The summed E-state index contributed by atoms with van der Waals surface area (Å²) in [7, 11) is -0.707. The number of methoxy groups -OCH3 is 1. The van der Waals surface area contributed by atoms with Gasteiger partial charge in [-0.3, -0.25) is 19.1 Å². The molecule has 15 heteroatoms. The fourth-order valence-electron chi connectivity index (χ4n) is 7.72. The van der Waals surface area contributed by atoms with E-state index in [9.17, 15) is 22.8 Å². The fourth-order valence-corrected chi connectivity index (χ4v) is 10.0. The number of pyridine rings is 1. The van der Waals surface area contributed by atoms with Crippen LogP contribution in [0, 0.1) is 23.6 Å². The standard InChI is InChI=1S/C37H46FN5O7S2/c1-20(2)28-19-51-34(40-28)27-17-30(24-12-13-29(49-4)31(38)32(24)39-27)50-22-15-25-26(16-22)35(45)43(3)14-8-6-5-7-9-21-18-37(21,41-33(25)44)36(46)42-52(47,48)23-10-11-23/h12-13,17,19-23,25-26H,5-11,14-16,18H2,1-4H3,(H,41,44)(H,42,46)/t21-,22-,25-,26-,37-/m1/s1. The van der Waals surface area contributed by atoms with Crippen LogP contribution in [0.3, 0.4) is 0 Å². The third-order valence-corrected chi connectivity index (χ3v) is 13.8. The first kappa shape index (κ1) is 36.5. The second-order valence-electron chi connectivity index (χ2n) is 15.1. The second-order valence-corrected chi connectivity index (χ2v) is 18.0. The molecule has 1 saturated heterocycles. The van der Waals surface area contributed by atoms with Crippen LogP contribution in [-0.2, 0) is 24.4 Å². The number of rotatable bonds is 8. The van der Waals surface area contributed by atoms with Gasteiger partial charge in [0.15, 0.2) is 11.6 Å². The Kier molecular flexibility index (Phi) is 9.96. The van der Waals surface area contributed by atoms with Gasteiger partial charge in [0.2, 0.25) is 21.8 Å². The number of carbonyl (C=O) groups is 3. The molecule has 3 saturated carbocycles. The summed E-state index contributed by atoms with van der Waals surface area (Å²) in [6.07, 6.45) is 5.23. The molecule has 3 aromatic rings. The normalized spacial score (nSPS) is 27.1. The Balaban J connectivity index is 1.20. The third kappa shape index (κ3) is 7.10.